The van der Waals surface area contributed by atoms with Crippen LogP contribution in [0.3, 0.4) is 0 Å². The van der Waals surface area contributed by atoms with Crippen molar-refractivity contribution in [2.24, 2.45) is 5.41 Å². The topological polar surface area (TPSA) is 87.0 Å². The molecule has 0 saturated heterocycles. The molecule has 16 heavy (non-hydrogen) atoms. The Kier molecular flexibility index (Phi) is 12.5. The van der Waals surface area contributed by atoms with Gasteiger partial charge in [-0.25, -0.2) is 0 Å². The van der Waals surface area contributed by atoms with E-state index in [1.54, 1.807) is 6.92 Å². The Morgan fingerprint density at radius 1 is 1.31 bits per heavy atom. The van der Waals surface area contributed by atoms with Crippen LogP contribution in [0, 0.1) is 5.41 Å². The standard InChI is InChI=1S/C9H18O5S.Ba/c1-7(15)2-8(13)14-6-9(3-10,4-11)5-12;/h7,10-12,15H,2-6H2,1H3;. The first kappa shape index (κ1) is 19.6. The Morgan fingerprint density at radius 2 is 1.75 bits per heavy atom. The van der Waals surface area contributed by atoms with Gasteiger partial charge in [0.2, 0.25) is 0 Å². The van der Waals surface area contributed by atoms with Gasteiger partial charge < -0.3 is 20.1 Å². The fourth-order valence-corrected chi connectivity index (χ4v) is 0.970. The predicted octanol–water partition coefficient (Wildman–Crippen LogP) is -1.18. The molecule has 0 amide bonds. The van der Waals surface area contributed by atoms with Crippen LogP contribution in [0.4, 0.5) is 0 Å². The maximum Gasteiger partial charge on any atom is 0.306 e. The number of aliphatic hydroxyl groups excluding tert-OH is 3. The van der Waals surface area contributed by atoms with Gasteiger partial charge in [0.05, 0.1) is 31.7 Å². The Labute approximate surface area is 141 Å². The van der Waals surface area contributed by atoms with Gasteiger partial charge in [-0.05, 0) is 0 Å². The van der Waals surface area contributed by atoms with Crippen molar-refractivity contribution in [2.45, 2.75) is 18.6 Å². The van der Waals surface area contributed by atoms with E-state index in [9.17, 15) is 4.79 Å². The maximum absolute atomic E-state index is 11.1. The van der Waals surface area contributed by atoms with Crippen LogP contribution >= 0.6 is 12.6 Å². The Bertz CT molecular complexity index is 188. The Balaban J connectivity index is 0. The monoisotopic (exact) mass is 376 g/mol. The van der Waals surface area contributed by atoms with Crippen molar-refractivity contribution >= 4 is 67.5 Å². The fourth-order valence-electron chi connectivity index (χ4n) is 0.821. The van der Waals surface area contributed by atoms with Gasteiger partial charge >= 0.3 is 5.97 Å². The number of aliphatic hydroxyl groups is 3. The number of carbonyl (C=O) groups is 1. The molecule has 0 spiro atoms. The summed E-state index contributed by atoms with van der Waals surface area (Å²) < 4.78 is 4.82. The summed E-state index contributed by atoms with van der Waals surface area (Å²) in [5, 5.41) is 26.7. The van der Waals surface area contributed by atoms with Crippen LogP contribution in [0.15, 0.2) is 0 Å². The van der Waals surface area contributed by atoms with Gasteiger partial charge in [-0.3, -0.25) is 4.79 Å². The predicted molar refractivity (Wildman–Crippen MR) is 63.5 cm³/mol. The molecule has 3 N–H and O–H groups in total. The summed E-state index contributed by atoms with van der Waals surface area (Å²) in [7, 11) is 0. The summed E-state index contributed by atoms with van der Waals surface area (Å²) in [4.78, 5) is 11.1. The first-order valence-corrected chi connectivity index (χ1v) is 5.17. The van der Waals surface area contributed by atoms with Crippen LogP contribution in [0.25, 0.3) is 0 Å². The number of rotatable bonds is 7. The zero-order chi connectivity index (χ0) is 11.9. The van der Waals surface area contributed by atoms with Crippen LogP contribution < -0.4 is 0 Å². The van der Waals surface area contributed by atoms with Crippen LogP contribution in [-0.2, 0) is 9.53 Å². The molecule has 7 heteroatoms. The molecule has 0 aliphatic carbocycles. The molecule has 1 unspecified atom stereocenters. The van der Waals surface area contributed by atoms with E-state index < -0.39 is 31.2 Å². The third-order valence-electron chi connectivity index (χ3n) is 2.01. The van der Waals surface area contributed by atoms with Crippen molar-refractivity contribution in [3.8, 4) is 0 Å². The summed E-state index contributed by atoms with van der Waals surface area (Å²) >= 11 is 4.02. The van der Waals surface area contributed by atoms with Crippen molar-refractivity contribution in [1.82, 2.24) is 0 Å². The van der Waals surface area contributed by atoms with E-state index in [1.807, 2.05) is 0 Å². The third-order valence-corrected chi connectivity index (χ3v) is 2.19. The largest absolute Gasteiger partial charge is 0.465 e. The SMILES string of the molecule is CC(S)CC(=O)OCC(CO)(CO)CO.[Ba]. The normalized spacial score (nSPS) is 12.8. The molecule has 92 valence electrons. The van der Waals surface area contributed by atoms with E-state index in [1.165, 1.54) is 0 Å². The van der Waals surface area contributed by atoms with Gasteiger partial charge in [0, 0.05) is 54.1 Å². The van der Waals surface area contributed by atoms with E-state index in [-0.39, 0.29) is 67.2 Å². The zero-order valence-electron chi connectivity index (χ0n) is 9.43. The van der Waals surface area contributed by atoms with Crippen LogP contribution in [0.5, 0.6) is 0 Å². The van der Waals surface area contributed by atoms with Gasteiger partial charge in [-0.1, -0.05) is 6.92 Å². The molecule has 0 saturated carbocycles. The van der Waals surface area contributed by atoms with Crippen LogP contribution in [0.2, 0.25) is 0 Å². The maximum atomic E-state index is 11.1. The molecule has 0 aromatic heterocycles. The molecule has 5 nitrogen and oxygen atoms in total. The minimum Gasteiger partial charge on any atom is -0.465 e. The molecule has 0 aromatic rings. The zero-order valence-corrected chi connectivity index (χ0v) is 14.8. The van der Waals surface area contributed by atoms with Crippen molar-refractivity contribution in [3.05, 3.63) is 0 Å². The Morgan fingerprint density at radius 3 is 2.06 bits per heavy atom. The van der Waals surface area contributed by atoms with Crippen LogP contribution in [0.1, 0.15) is 13.3 Å². The summed E-state index contributed by atoms with van der Waals surface area (Å²) in [6, 6.07) is 0. The molecule has 0 rings (SSSR count). The average molecular weight is 376 g/mol. The second-order valence-electron chi connectivity index (χ2n) is 3.69. The first-order chi connectivity index (χ1) is 6.99. The van der Waals surface area contributed by atoms with E-state index in [0.717, 1.165) is 0 Å². The summed E-state index contributed by atoms with van der Waals surface area (Å²) in [6.07, 6.45) is 0.154. The Hall–Kier alpha value is 1.27. The van der Waals surface area contributed by atoms with Gasteiger partial charge in [0.25, 0.3) is 0 Å². The minimum atomic E-state index is -1.16. The van der Waals surface area contributed by atoms with Crippen molar-refractivity contribution in [3.63, 3.8) is 0 Å². The number of ether oxygens (including phenoxy) is 1. The molecule has 2 radical (unpaired) electrons. The molecule has 0 bridgehead atoms. The minimum absolute atomic E-state index is 0. The fraction of sp³-hybridized carbons (Fsp3) is 0.889. The molecule has 0 aliphatic rings. The number of thiol groups is 1. The summed E-state index contributed by atoms with van der Waals surface area (Å²) in [5.41, 5.74) is -1.16. The molecular formula is C9H18BaO5S. The molecule has 0 aromatic carbocycles. The number of hydrogen-bond donors (Lipinski definition) is 4. The third kappa shape index (κ3) is 7.57. The van der Waals surface area contributed by atoms with Crippen molar-refractivity contribution < 1.29 is 24.9 Å². The molecule has 0 aliphatic heterocycles. The number of carbonyl (C=O) groups excluding carboxylic acids is 1. The number of hydrogen-bond acceptors (Lipinski definition) is 6. The molecular weight excluding hydrogens is 357 g/mol. The molecule has 0 heterocycles. The number of esters is 1. The first-order valence-electron chi connectivity index (χ1n) is 4.66. The van der Waals surface area contributed by atoms with E-state index in [0.29, 0.717) is 0 Å². The van der Waals surface area contributed by atoms with E-state index >= 15 is 0 Å². The molecule has 1 atom stereocenters. The van der Waals surface area contributed by atoms with E-state index in [2.05, 4.69) is 12.6 Å². The van der Waals surface area contributed by atoms with Crippen LogP contribution in [-0.4, -0.2) is 102 Å². The second-order valence-corrected chi connectivity index (χ2v) is 4.57. The van der Waals surface area contributed by atoms with Gasteiger partial charge in [0.15, 0.2) is 0 Å². The van der Waals surface area contributed by atoms with Crippen molar-refractivity contribution in [2.75, 3.05) is 26.4 Å². The summed E-state index contributed by atoms with van der Waals surface area (Å²) in [6.45, 7) is 0.231. The van der Waals surface area contributed by atoms with Crippen molar-refractivity contribution in [1.29, 1.82) is 0 Å². The van der Waals surface area contributed by atoms with Gasteiger partial charge in [-0.15, -0.1) is 0 Å². The van der Waals surface area contributed by atoms with E-state index in [4.69, 9.17) is 20.1 Å². The molecule has 0 fully saturated rings. The quantitative estimate of drug-likeness (QED) is 0.256. The average Bonchev–Trinajstić information content (AvgIpc) is 2.20. The second kappa shape index (κ2) is 10.2. The summed E-state index contributed by atoms with van der Waals surface area (Å²) in [5.74, 6) is -0.461. The van der Waals surface area contributed by atoms with Gasteiger partial charge in [-0.2, -0.15) is 12.6 Å². The van der Waals surface area contributed by atoms with Gasteiger partial charge in [0.1, 0.15) is 6.61 Å². The smallest absolute Gasteiger partial charge is 0.306 e.